The van der Waals surface area contributed by atoms with Gasteiger partial charge in [-0.25, -0.2) is 0 Å². The molecule has 1 fully saturated rings. The van der Waals surface area contributed by atoms with E-state index < -0.39 is 0 Å². The van der Waals surface area contributed by atoms with Gasteiger partial charge in [0.15, 0.2) is 0 Å². The second-order valence-corrected chi connectivity index (χ2v) is 7.11. The van der Waals surface area contributed by atoms with Crippen LogP contribution < -0.4 is 4.74 Å². The van der Waals surface area contributed by atoms with Crippen molar-refractivity contribution in [3.63, 3.8) is 0 Å². The van der Waals surface area contributed by atoms with Gasteiger partial charge in [0.2, 0.25) is 0 Å². The fourth-order valence-corrected chi connectivity index (χ4v) is 3.50. The first-order valence-electron chi connectivity index (χ1n) is 7.12. The minimum Gasteiger partial charge on any atom is -0.491 e. The summed E-state index contributed by atoms with van der Waals surface area (Å²) >= 11 is 3.58. The fraction of sp³-hybridized carbons (Fsp3) is 0.562. The SMILES string of the molecule is CC(C)Oc1ccc(C(=O)N(C)CC2CC(Br)C2)cc1. The molecule has 1 aliphatic rings. The molecule has 0 saturated heterocycles. The van der Waals surface area contributed by atoms with E-state index in [1.54, 1.807) is 0 Å². The maximum Gasteiger partial charge on any atom is 0.253 e. The van der Waals surface area contributed by atoms with Crippen LogP contribution in [0.3, 0.4) is 0 Å². The minimum absolute atomic E-state index is 0.0825. The van der Waals surface area contributed by atoms with Crippen LogP contribution in [-0.4, -0.2) is 35.3 Å². The molecule has 1 aromatic rings. The Hall–Kier alpha value is -1.03. The van der Waals surface area contributed by atoms with Crippen LogP contribution in [0.15, 0.2) is 24.3 Å². The molecular formula is C16H22BrNO2. The molecule has 1 aromatic carbocycles. The quantitative estimate of drug-likeness (QED) is 0.765. The number of benzene rings is 1. The van der Waals surface area contributed by atoms with Gasteiger partial charge in [0.1, 0.15) is 5.75 Å². The van der Waals surface area contributed by atoms with Crippen LogP contribution in [-0.2, 0) is 0 Å². The van der Waals surface area contributed by atoms with Gasteiger partial charge in [-0.15, -0.1) is 0 Å². The van der Waals surface area contributed by atoms with Crippen molar-refractivity contribution in [1.82, 2.24) is 4.90 Å². The molecule has 0 atom stereocenters. The van der Waals surface area contributed by atoms with Gasteiger partial charge in [0.05, 0.1) is 6.10 Å². The molecule has 1 amide bonds. The van der Waals surface area contributed by atoms with Gasteiger partial charge in [0.25, 0.3) is 5.91 Å². The number of rotatable bonds is 5. The number of hydrogen-bond donors (Lipinski definition) is 0. The number of amides is 1. The highest BCUT2D eigenvalue weighted by atomic mass is 79.9. The van der Waals surface area contributed by atoms with Crippen LogP contribution in [0.25, 0.3) is 0 Å². The highest BCUT2D eigenvalue weighted by molar-refractivity contribution is 9.09. The van der Waals surface area contributed by atoms with Crippen molar-refractivity contribution in [1.29, 1.82) is 0 Å². The third kappa shape index (κ3) is 3.98. The number of carbonyl (C=O) groups excluding carboxylic acids is 1. The maximum absolute atomic E-state index is 12.3. The Morgan fingerprint density at radius 2 is 1.95 bits per heavy atom. The van der Waals surface area contributed by atoms with Crippen molar-refractivity contribution in [3.05, 3.63) is 29.8 Å². The molecular weight excluding hydrogens is 318 g/mol. The molecule has 0 N–H and O–H groups in total. The summed E-state index contributed by atoms with van der Waals surface area (Å²) in [5.41, 5.74) is 0.721. The van der Waals surface area contributed by atoms with Crippen molar-refractivity contribution in [2.24, 2.45) is 5.92 Å². The van der Waals surface area contributed by atoms with Crippen molar-refractivity contribution >= 4 is 21.8 Å². The zero-order chi connectivity index (χ0) is 14.7. The van der Waals surface area contributed by atoms with Crippen molar-refractivity contribution in [3.8, 4) is 5.75 Å². The Kier molecular flexibility index (Phi) is 5.08. The van der Waals surface area contributed by atoms with Gasteiger partial charge in [-0.2, -0.15) is 0 Å². The third-order valence-electron chi connectivity index (χ3n) is 3.53. The number of nitrogens with zero attached hydrogens (tertiary/aromatic N) is 1. The summed E-state index contributed by atoms with van der Waals surface area (Å²) in [4.78, 5) is 14.8. The summed E-state index contributed by atoms with van der Waals surface area (Å²) in [5.74, 6) is 1.52. The number of halogens is 1. The Labute approximate surface area is 129 Å². The summed E-state index contributed by atoms with van der Waals surface area (Å²) in [7, 11) is 1.88. The highest BCUT2D eigenvalue weighted by Gasteiger charge is 2.28. The van der Waals surface area contributed by atoms with E-state index >= 15 is 0 Å². The lowest BCUT2D eigenvalue weighted by atomic mass is 9.85. The fourth-order valence-electron chi connectivity index (χ4n) is 2.44. The molecule has 1 saturated carbocycles. The molecule has 110 valence electrons. The van der Waals surface area contributed by atoms with E-state index in [1.165, 1.54) is 12.8 Å². The van der Waals surface area contributed by atoms with E-state index in [0.29, 0.717) is 10.7 Å². The highest BCUT2D eigenvalue weighted by Crippen LogP contribution is 2.33. The van der Waals surface area contributed by atoms with E-state index in [4.69, 9.17) is 4.74 Å². The topological polar surface area (TPSA) is 29.5 Å². The molecule has 20 heavy (non-hydrogen) atoms. The number of ether oxygens (including phenoxy) is 1. The monoisotopic (exact) mass is 339 g/mol. The Morgan fingerprint density at radius 3 is 2.45 bits per heavy atom. The standard InChI is InChI=1S/C16H22BrNO2/c1-11(2)20-15-6-4-13(5-7-15)16(19)18(3)10-12-8-14(17)9-12/h4-7,11-12,14H,8-10H2,1-3H3. The third-order valence-corrected chi connectivity index (χ3v) is 4.28. The second-order valence-electron chi connectivity index (χ2n) is 5.81. The molecule has 3 nitrogen and oxygen atoms in total. The molecule has 2 rings (SSSR count). The summed E-state index contributed by atoms with van der Waals surface area (Å²) in [6.45, 7) is 4.82. The van der Waals surface area contributed by atoms with Gasteiger partial charge in [-0.1, -0.05) is 15.9 Å². The molecule has 0 bridgehead atoms. The normalized spacial score (nSPS) is 21.4. The minimum atomic E-state index is 0.0825. The largest absolute Gasteiger partial charge is 0.491 e. The lowest BCUT2D eigenvalue weighted by Gasteiger charge is -2.34. The average Bonchev–Trinajstić information content (AvgIpc) is 2.36. The molecule has 1 aliphatic carbocycles. The summed E-state index contributed by atoms with van der Waals surface area (Å²) in [6.07, 6.45) is 2.48. The average molecular weight is 340 g/mol. The molecule has 0 heterocycles. The van der Waals surface area contributed by atoms with E-state index in [2.05, 4.69) is 15.9 Å². The Morgan fingerprint density at radius 1 is 1.35 bits per heavy atom. The lowest BCUT2D eigenvalue weighted by Crippen LogP contribution is -2.37. The van der Waals surface area contributed by atoms with Crippen LogP contribution in [0, 0.1) is 5.92 Å². The maximum atomic E-state index is 12.3. The second kappa shape index (κ2) is 6.61. The first kappa shape index (κ1) is 15.4. The predicted octanol–water partition coefficient (Wildman–Crippen LogP) is 3.72. The predicted molar refractivity (Wildman–Crippen MR) is 84.6 cm³/mol. The molecule has 0 aromatic heterocycles. The first-order chi connectivity index (χ1) is 9.45. The Bertz CT molecular complexity index is 452. The first-order valence-corrected chi connectivity index (χ1v) is 8.03. The van der Waals surface area contributed by atoms with Gasteiger partial charge >= 0.3 is 0 Å². The smallest absolute Gasteiger partial charge is 0.253 e. The molecule has 4 heteroatoms. The lowest BCUT2D eigenvalue weighted by molar-refractivity contribution is 0.0748. The number of hydrogen-bond acceptors (Lipinski definition) is 2. The van der Waals surface area contributed by atoms with Crippen LogP contribution in [0.1, 0.15) is 37.0 Å². The number of carbonyl (C=O) groups is 1. The van der Waals surface area contributed by atoms with Crippen molar-refractivity contribution in [2.45, 2.75) is 37.6 Å². The number of alkyl halides is 1. The van der Waals surface area contributed by atoms with Crippen LogP contribution in [0.5, 0.6) is 5.75 Å². The summed E-state index contributed by atoms with van der Waals surface area (Å²) in [5, 5.41) is 0. The summed E-state index contributed by atoms with van der Waals surface area (Å²) < 4.78 is 5.58. The van der Waals surface area contributed by atoms with Gasteiger partial charge < -0.3 is 9.64 Å². The van der Waals surface area contributed by atoms with Crippen molar-refractivity contribution in [2.75, 3.05) is 13.6 Å². The van der Waals surface area contributed by atoms with Gasteiger partial charge in [-0.3, -0.25) is 4.79 Å². The molecule has 0 unspecified atom stereocenters. The van der Waals surface area contributed by atoms with Gasteiger partial charge in [-0.05, 0) is 56.9 Å². The zero-order valence-corrected chi connectivity index (χ0v) is 13.9. The summed E-state index contributed by atoms with van der Waals surface area (Å²) in [6, 6.07) is 7.40. The van der Waals surface area contributed by atoms with Crippen LogP contribution in [0.2, 0.25) is 0 Å². The van der Waals surface area contributed by atoms with Crippen molar-refractivity contribution < 1.29 is 9.53 Å². The van der Waals surface area contributed by atoms with Gasteiger partial charge in [0, 0.05) is 24.0 Å². The molecule has 0 aliphatic heterocycles. The van der Waals surface area contributed by atoms with Crippen LogP contribution in [0.4, 0.5) is 0 Å². The van der Waals surface area contributed by atoms with Crippen LogP contribution >= 0.6 is 15.9 Å². The zero-order valence-electron chi connectivity index (χ0n) is 12.3. The molecule has 0 spiro atoms. The Balaban J connectivity index is 1.91. The van der Waals surface area contributed by atoms with E-state index in [1.807, 2.05) is 50.1 Å². The van der Waals surface area contributed by atoms with E-state index in [-0.39, 0.29) is 12.0 Å². The van der Waals surface area contributed by atoms with E-state index in [0.717, 1.165) is 17.9 Å². The molecule has 0 radical (unpaired) electrons. The van der Waals surface area contributed by atoms with E-state index in [9.17, 15) is 4.79 Å².